The molecule has 0 saturated carbocycles. The Bertz CT molecular complexity index is 286. The molecule has 1 aromatic carbocycles. The molecule has 78 valence electrons. The molecule has 1 N–H and O–H groups in total. The maximum absolute atomic E-state index is 12.6. The molecule has 0 atom stereocenters. The van der Waals surface area contributed by atoms with Crippen LogP contribution < -0.4 is 4.34 Å². The molecule has 1 nitrogen and oxygen atoms in total. The van der Waals surface area contributed by atoms with E-state index in [1.54, 1.807) is 0 Å². The number of alkyl halides is 3. The van der Waals surface area contributed by atoms with Crippen molar-refractivity contribution >= 4 is 21.8 Å². The topological polar surface area (TPSA) is 12.0 Å². The van der Waals surface area contributed by atoms with E-state index in [-0.39, 0.29) is 16.8 Å². The van der Waals surface area contributed by atoms with Gasteiger partial charge in [0.05, 0.1) is 5.69 Å². The number of benzene rings is 1. The summed E-state index contributed by atoms with van der Waals surface area (Å²) in [4.78, 5) is 0. The molecule has 0 heterocycles. The third-order valence-electron chi connectivity index (χ3n) is 2.01. The van der Waals surface area contributed by atoms with Crippen LogP contribution in [0.4, 0.5) is 18.9 Å². The van der Waals surface area contributed by atoms with Crippen molar-refractivity contribution in [3.8, 4) is 0 Å². The van der Waals surface area contributed by atoms with Gasteiger partial charge < -0.3 is 4.34 Å². The first-order valence-corrected chi connectivity index (χ1v) is 4.76. The van der Waals surface area contributed by atoms with Gasteiger partial charge >= 0.3 is 0 Å². The molecule has 0 aromatic heterocycles. The molecule has 0 aliphatic heterocycles. The van der Waals surface area contributed by atoms with Crippen LogP contribution in [0.15, 0.2) is 12.1 Å². The second-order valence-corrected chi connectivity index (χ2v) is 3.13. The summed E-state index contributed by atoms with van der Waals surface area (Å²) in [5.74, 6) is 0. The van der Waals surface area contributed by atoms with Gasteiger partial charge in [-0.25, -0.2) is 13.2 Å². The standard InChI is InChI=1S/C9H9BrF3N/c10-14-9-7(4-12)2-1-6(3-11)8(9)5-13/h1-2,14H,3-5H2. The predicted molar refractivity (Wildman–Crippen MR) is 53.4 cm³/mol. The van der Waals surface area contributed by atoms with Gasteiger partial charge in [-0.3, -0.25) is 0 Å². The van der Waals surface area contributed by atoms with Gasteiger partial charge in [-0.1, -0.05) is 12.1 Å². The van der Waals surface area contributed by atoms with Crippen molar-refractivity contribution in [1.29, 1.82) is 0 Å². The third-order valence-corrected chi connectivity index (χ3v) is 2.41. The van der Waals surface area contributed by atoms with Crippen LogP contribution in [-0.4, -0.2) is 0 Å². The monoisotopic (exact) mass is 267 g/mol. The zero-order chi connectivity index (χ0) is 10.6. The van der Waals surface area contributed by atoms with Crippen LogP contribution >= 0.6 is 16.1 Å². The van der Waals surface area contributed by atoms with Gasteiger partial charge in [0.25, 0.3) is 0 Å². The molecule has 1 rings (SSSR count). The normalized spacial score (nSPS) is 10.3. The van der Waals surface area contributed by atoms with E-state index in [0.29, 0.717) is 5.56 Å². The lowest BCUT2D eigenvalue weighted by atomic mass is 10.0. The summed E-state index contributed by atoms with van der Waals surface area (Å²) in [7, 11) is 0. The van der Waals surface area contributed by atoms with E-state index in [2.05, 4.69) is 20.5 Å². The Morgan fingerprint density at radius 3 is 2.00 bits per heavy atom. The fourth-order valence-corrected chi connectivity index (χ4v) is 1.74. The van der Waals surface area contributed by atoms with Gasteiger partial charge in [0.15, 0.2) is 0 Å². The summed E-state index contributed by atoms with van der Waals surface area (Å²) in [6.45, 7) is -2.29. The zero-order valence-electron chi connectivity index (χ0n) is 7.29. The summed E-state index contributed by atoms with van der Waals surface area (Å²) in [5.41, 5.74) is 1.00. The lowest BCUT2D eigenvalue weighted by Crippen LogP contribution is -1.99. The van der Waals surface area contributed by atoms with Crippen LogP contribution in [0.3, 0.4) is 0 Å². The highest BCUT2D eigenvalue weighted by molar-refractivity contribution is 9.10. The Balaban J connectivity index is 3.28. The van der Waals surface area contributed by atoms with Crippen LogP contribution in [0.25, 0.3) is 0 Å². The van der Waals surface area contributed by atoms with Crippen molar-refractivity contribution in [2.75, 3.05) is 4.34 Å². The summed E-state index contributed by atoms with van der Waals surface area (Å²) >= 11 is 2.90. The minimum atomic E-state index is -0.818. The zero-order valence-corrected chi connectivity index (χ0v) is 8.87. The highest BCUT2D eigenvalue weighted by Gasteiger charge is 2.12. The van der Waals surface area contributed by atoms with Crippen molar-refractivity contribution in [1.82, 2.24) is 0 Å². The van der Waals surface area contributed by atoms with Crippen molar-refractivity contribution in [3.05, 3.63) is 28.8 Å². The van der Waals surface area contributed by atoms with Crippen LogP contribution in [0.2, 0.25) is 0 Å². The number of anilines is 1. The lowest BCUT2D eigenvalue weighted by Gasteiger charge is -2.12. The van der Waals surface area contributed by atoms with E-state index in [9.17, 15) is 13.2 Å². The van der Waals surface area contributed by atoms with Gasteiger partial charge in [-0.05, 0) is 5.56 Å². The summed E-state index contributed by atoms with van der Waals surface area (Å²) in [6, 6.07) is 2.84. The lowest BCUT2D eigenvalue weighted by molar-refractivity contribution is 0.452. The average Bonchev–Trinajstić information content (AvgIpc) is 2.26. The molecule has 0 bridgehead atoms. The second kappa shape index (κ2) is 5.24. The average molecular weight is 268 g/mol. The maximum Gasteiger partial charge on any atom is 0.117 e. The highest BCUT2D eigenvalue weighted by atomic mass is 79.9. The quantitative estimate of drug-likeness (QED) is 0.818. The molecule has 0 unspecified atom stereocenters. The number of nitrogens with one attached hydrogen (secondary N) is 1. The molecule has 0 aliphatic carbocycles. The first kappa shape index (κ1) is 11.4. The van der Waals surface area contributed by atoms with Crippen LogP contribution in [0.1, 0.15) is 16.7 Å². The summed E-state index contributed by atoms with van der Waals surface area (Å²) in [6.07, 6.45) is 0. The second-order valence-electron chi connectivity index (χ2n) is 2.73. The number of halogens is 4. The SMILES string of the molecule is FCc1ccc(CF)c(NBr)c1CF. The highest BCUT2D eigenvalue weighted by Crippen LogP contribution is 2.28. The van der Waals surface area contributed by atoms with Crippen molar-refractivity contribution in [2.24, 2.45) is 0 Å². The minimum Gasteiger partial charge on any atom is -0.322 e. The number of hydrogen-bond acceptors (Lipinski definition) is 1. The Morgan fingerprint density at radius 1 is 1.00 bits per heavy atom. The molecule has 1 aromatic rings. The predicted octanol–water partition coefficient (Wildman–Crippen LogP) is 3.82. The first-order valence-electron chi connectivity index (χ1n) is 3.96. The Hall–Kier alpha value is -0.710. The van der Waals surface area contributed by atoms with Gasteiger partial charge in [0.2, 0.25) is 0 Å². The molecule has 0 fully saturated rings. The fraction of sp³-hybridized carbons (Fsp3) is 0.333. The van der Waals surface area contributed by atoms with Gasteiger partial charge in [-0.15, -0.1) is 0 Å². The molecule has 0 radical (unpaired) electrons. The smallest absolute Gasteiger partial charge is 0.117 e. The Labute approximate surface area is 88.7 Å². The maximum atomic E-state index is 12.6. The third kappa shape index (κ3) is 2.03. The largest absolute Gasteiger partial charge is 0.322 e. The molecule has 14 heavy (non-hydrogen) atoms. The molecule has 0 amide bonds. The molecule has 0 aliphatic rings. The molecule has 5 heteroatoms. The van der Waals surface area contributed by atoms with Gasteiger partial charge in [0.1, 0.15) is 20.0 Å². The van der Waals surface area contributed by atoms with E-state index in [0.717, 1.165) is 0 Å². The molecular weight excluding hydrogens is 259 g/mol. The van der Waals surface area contributed by atoms with E-state index in [4.69, 9.17) is 0 Å². The summed E-state index contributed by atoms with van der Waals surface area (Å²) in [5, 5.41) is 0. The van der Waals surface area contributed by atoms with E-state index < -0.39 is 20.0 Å². The molecular formula is C9H9BrF3N. The van der Waals surface area contributed by atoms with Crippen LogP contribution in [0, 0.1) is 0 Å². The van der Waals surface area contributed by atoms with Gasteiger partial charge in [0, 0.05) is 27.3 Å². The van der Waals surface area contributed by atoms with Crippen molar-refractivity contribution in [2.45, 2.75) is 20.0 Å². The molecule has 0 saturated heterocycles. The first-order chi connectivity index (χ1) is 6.78. The van der Waals surface area contributed by atoms with Gasteiger partial charge in [-0.2, -0.15) is 0 Å². The van der Waals surface area contributed by atoms with Crippen LogP contribution in [-0.2, 0) is 20.0 Å². The minimum absolute atomic E-state index is 0.166. The number of hydrogen-bond donors (Lipinski definition) is 1. The van der Waals surface area contributed by atoms with Crippen molar-refractivity contribution in [3.63, 3.8) is 0 Å². The van der Waals surface area contributed by atoms with E-state index in [1.807, 2.05) is 0 Å². The van der Waals surface area contributed by atoms with Crippen molar-refractivity contribution < 1.29 is 13.2 Å². The fourth-order valence-electron chi connectivity index (χ4n) is 1.25. The van der Waals surface area contributed by atoms with Crippen LogP contribution in [0.5, 0.6) is 0 Å². The summed E-state index contributed by atoms with van der Waals surface area (Å²) < 4.78 is 40.0. The van der Waals surface area contributed by atoms with E-state index >= 15 is 0 Å². The molecule has 0 spiro atoms. The van der Waals surface area contributed by atoms with E-state index in [1.165, 1.54) is 12.1 Å². The number of rotatable bonds is 4. The Morgan fingerprint density at radius 2 is 1.57 bits per heavy atom. The Kier molecular flexibility index (Phi) is 4.25.